The lowest BCUT2D eigenvalue weighted by atomic mass is 9.89. The standard InChI is InChI=1S/C22H23FN4O/c1-15-20(14-24-26-15)16-10-12-27(13-11-16)22(28)19-4-2-3-5-21(19)25-18-8-6-17(23)7-9-18/h2-9,14,16,25H,10-13H2,1H3,(H,24,26). The number of H-pyrrole nitrogens is 1. The molecule has 2 heterocycles. The highest BCUT2D eigenvalue weighted by Gasteiger charge is 2.27. The summed E-state index contributed by atoms with van der Waals surface area (Å²) in [6, 6.07) is 13.6. The lowest BCUT2D eigenvalue weighted by molar-refractivity contribution is 0.0714. The molecule has 28 heavy (non-hydrogen) atoms. The zero-order valence-electron chi connectivity index (χ0n) is 15.8. The second-order valence-electron chi connectivity index (χ2n) is 7.19. The monoisotopic (exact) mass is 378 g/mol. The largest absolute Gasteiger partial charge is 0.355 e. The first kappa shape index (κ1) is 18.2. The van der Waals surface area contributed by atoms with Gasteiger partial charge in [-0.3, -0.25) is 9.89 Å². The van der Waals surface area contributed by atoms with Crippen molar-refractivity contribution in [3.8, 4) is 0 Å². The Balaban J connectivity index is 1.47. The third-order valence-corrected chi connectivity index (χ3v) is 5.37. The maximum atomic E-state index is 13.1. The molecule has 1 fully saturated rings. The Kier molecular flexibility index (Phi) is 5.10. The number of carbonyl (C=O) groups is 1. The van der Waals surface area contributed by atoms with Crippen molar-refractivity contribution in [1.82, 2.24) is 15.1 Å². The first-order valence-corrected chi connectivity index (χ1v) is 9.52. The molecule has 0 radical (unpaired) electrons. The quantitative estimate of drug-likeness (QED) is 0.696. The van der Waals surface area contributed by atoms with Gasteiger partial charge in [0, 0.05) is 24.5 Å². The highest BCUT2D eigenvalue weighted by molar-refractivity contribution is 6.00. The van der Waals surface area contributed by atoms with Gasteiger partial charge in [0.25, 0.3) is 5.91 Å². The van der Waals surface area contributed by atoms with Gasteiger partial charge in [-0.1, -0.05) is 12.1 Å². The van der Waals surface area contributed by atoms with E-state index >= 15 is 0 Å². The summed E-state index contributed by atoms with van der Waals surface area (Å²) >= 11 is 0. The van der Waals surface area contributed by atoms with E-state index in [-0.39, 0.29) is 11.7 Å². The Morgan fingerprint density at radius 2 is 1.86 bits per heavy atom. The number of benzene rings is 2. The van der Waals surface area contributed by atoms with Crippen LogP contribution in [0.15, 0.2) is 54.7 Å². The number of nitrogens with one attached hydrogen (secondary N) is 2. The molecule has 1 saturated heterocycles. The van der Waals surface area contributed by atoms with Gasteiger partial charge in [0.2, 0.25) is 0 Å². The molecule has 1 aliphatic heterocycles. The van der Waals surface area contributed by atoms with E-state index in [1.54, 1.807) is 12.1 Å². The summed E-state index contributed by atoms with van der Waals surface area (Å²) in [6.07, 6.45) is 3.76. The summed E-state index contributed by atoms with van der Waals surface area (Å²) in [4.78, 5) is 15.0. The van der Waals surface area contributed by atoms with Gasteiger partial charge < -0.3 is 10.2 Å². The maximum Gasteiger partial charge on any atom is 0.255 e. The number of likely N-dealkylation sites (tertiary alicyclic amines) is 1. The molecule has 5 nitrogen and oxygen atoms in total. The molecule has 3 aromatic rings. The molecule has 1 aliphatic rings. The van der Waals surface area contributed by atoms with Gasteiger partial charge in [0.05, 0.1) is 17.4 Å². The third-order valence-electron chi connectivity index (χ3n) is 5.37. The molecule has 0 atom stereocenters. The van der Waals surface area contributed by atoms with E-state index < -0.39 is 0 Å². The van der Waals surface area contributed by atoms with Crippen LogP contribution in [0.2, 0.25) is 0 Å². The molecule has 0 saturated carbocycles. The Labute approximate surface area is 163 Å². The van der Waals surface area contributed by atoms with Gasteiger partial charge in [0.15, 0.2) is 0 Å². The summed E-state index contributed by atoms with van der Waals surface area (Å²) < 4.78 is 13.1. The summed E-state index contributed by atoms with van der Waals surface area (Å²) in [5.41, 5.74) is 4.47. The average Bonchev–Trinajstić information content (AvgIpc) is 3.16. The van der Waals surface area contributed by atoms with Crippen molar-refractivity contribution < 1.29 is 9.18 Å². The van der Waals surface area contributed by atoms with E-state index in [1.165, 1.54) is 17.7 Å². The van der Waals surface area contributed by atoms with Gasteiger partial charge in [-0.05, 0) is 67.6 Å². The Morgan fingerprint density at radius 3 is 2.54 bits per heavy atom. The third kappa shape index (κ3) is 3.76. The number of hydrogen-bond donors (Lipinski definition) is 2. The minimum atomic E-state index is -0.286. The molecule has 0 bridgehead atoms. The predicted molar refractivity (Wildman–Crippen MR) is 107 cm³/mol. The number of aryl methyl sites for hydroxylation is 1. The predicted octanol–water partition coefficient (Wildman–Crippen LogP) is 4.62. The molecule has 0 aliphatic carbocycles. The van der Waals surface area contributed by atoms with E-state index in [9.17, 15) is 9.18 Å². The average molecular weight is 378 g/mol. The van der Waals surface area contributed by atoms with Crippen molar-refractivity contribution in [3.63, 3.8) is 0 Å². The lowest BCUT2D eigenvalue weighted by Crippen LogP contribution is -2.38. The normalized spacial score (nSPS) is 14.9. The Bertz CT molecular complexity index is 959. The second kappa shape index (κ2) is 7.84. The number of aromatic nitrogens is 2. The van der Waals surface area contributed by atoms with Crippen LogP contribution in [0.3, 0.4) is 0 Å². The van der Waals surface area contributed by atoms with Crippen molar-refractivity contribution in [2.24, 2.45) is 0 Å². The minimum absolute atomic E-state index is 0.0209. The lowest BCUT2D eigenvalue weighted by Gasteiger charge is -2.32. The van der Waals surface area contributed by atoms with Crippen molar-refractivity contribution in [2.75, 3.05) is 18.4 Å². The van der Waals surface area contributed by atoms with Crippen LogP contribution in [-0.2, 0) is 0 Å². The van der Waals surface area contributed by atoms with Crippen molar-refractivity contribution in [2.45, 2.75) is 25.7 Å². The molecule has 0 spiro atoms. The van der Waals surface area contributed by atoms with Gasteiger partial charge in [-0.25, -0.2) is 4.39 Å². The van der Waals surface area contributed by atoms with E-state index in [2.05, 4.69) is 15.5 Å². The van der Waals surface area contributed by atoms with Gasteiger partial charge >= 0.3 is 0 Å². The van der Waals surface area contributed by atoms with Crippen molar-refractivity contribution >= 4 is 17.3 Å². The fraction of sp³-hybridized carbons (Fsp3) is 0.273. The molecule has 2 aromatic carbocycles. The molecule has 1 aromatic heterocycles. The number of amides is 1. The minimum Gasteiger partial charge on any atom is -0.355 e. The van der Waals surface area contributed by atoms with Crippen molar-refractivity contribution in [3.05, 3.63) is 77.4 Å². The topological polar surface area (TPSA) is 61.0 Å². The van der Waals surface area contributed by atoms with Crippen LogP contribution in [0.25, 0.3) is 0 Å². The Hall–Kier alpha value is -3.15. The molecule has 1 amide bonds. The van der Waals surface area contributed by atoms with Gasteiger partial charge in [0.1, 0.15) is 5.82 Å². The number of nitrogens with zero attached hydrogens (tertiary/aromatic N) is 2. The molecular weight excluding hydrogens is 355 g/mol. The number of piperidine rings is 1. The number of rotatable bonds is 4. The molecular formula is C22H23FN4O. The number of hydrogen-bond acceptors (Lipinski definition) is 3. The summed E-state index contributed by atoms with van der Waals surface area (Å²) in [6.45, 7) is 3.48. The number of aromatic amines is 1. The molecule has 2 N–H and O–H groups in total. The van der Waals surface area contributed by atoms with Crippen LogP contribution in [0.4, 0.5) is 15.8 Å². The zero-order chi connectivity index (χ0) is 19.5. The maximum absolute atomic E-state index is 13.1. The van der Waals surface area contributed by atoms with Crippen LogP contribution in [0.1, 0.15) is 40.4 Å². The van der Waals surface area contributed by atoms with E-state index in [0.717, 1.165) is 43.0 Å². The SMILES string of the molecule is Cc1[nH]ncc1C1CCN(C(=O)c2ccccc2Nc2ccc(F)cc2)CC1. The molecule has 4 rings (SSSR count). The zero-order valence-corrected chi connectivity index (χ0v) is 15.8. The number of halogens is 1. The highest BCUT2D eigenvalue weighted by Crippen LogP contribution is 2.31. The Morgan fingerprint density at radius 1 is 1.14 bits per heavy atom. The summed E-state index contributed by atoms with van der Waals surface area (Å²) in [5, 5.41) is 10.3. The fourth-order valence-electron chi connectivity index (χ4n) is 3.80. The fourth-order valence-corrected chi connectivity index (χ4v) is 3.80. The van der Waals surface area contributed by atoms with Crippen LogP contribution >= 0.6 is 0 Å². The van der Waals surface area contributed by atoms with Crippen molar-refractivity contribution in [1.29, 1.82) is 0 Å². The number of carbonyl (C=O) groups excluding carboxylic acids is 1. The van der Waals surface area contributed by atoms with Crippen LogP contribution in [-0.4, -0.2) is 34.1 Å². The van der Waals surface area contributed by atoms with Gasteiger partial charge in [-0.2, -0.15) is 5.10 Å². The van der Waals surface area contributed by atoms with Crippen LogP contribution in [0.5, 0.6) is 0 Å². The smallest absolute Gasteiger partial charge is 0.255 e. The first-order chi connectivity index (χ1) is 13.6. The van der Waals surface area contributed by atoms with E-state index in [4.69, 9.17) is 0 Å². The number of para-hydroxylation sites is 1. The number of anilines is 2. The molecule has 6 heteroatoms. The molecule has 0 unspecified atom stereocenters. The second-order valence-corrected chi connectivity index (χ2v) is 7.19. The van der Waals surface area contributed by atoms with E-state index in [0.29, 0.717) is 11.5 Å². The first-order valence-electron chi connectivity index (χ1n) is 9.52. The summed E-state index contributed by atoms with van der Waals surface area (Å²) in [5.74, 6) is 0.175. The summed E-state index contributed by atoms with van der Waals surface area (Å²) in [7, 11) is 0. The van der Waals surface area contributed by atoms with E-state index in [1.807, 2.05) is 42.3 Å². The molecule has 144 valence electrons. The van der Waals surface area contributed by atoms with Crippen LogP contribution < -0.4 is 5.32 Å². The van der Waals surface area contributed by atoms with Gasteiger partial charge in [-0.15, -0.1) is 0 Å². The highest BCUT2D eigenvalue weighted by atomic mass is 19.1. The van der Waals surface area contributed by atoms with Crippen LogP contribution in [0, 0.1) is 12.7 Å².